The van der Waals surface area contributed by atoms with Crippen LogP contribution in [0.3, 0.4) is 0 Å². The number of nitrogens with two attached hydrogens (primary N) is 1. The molecule has 0 fully saturated rings. The Kier molecular flexibility index (Phi) is 3.43. The molecule has 0 aliphatic rings. The lowest BCUT2D eigenvalue weighted by Gasteiger charge is -2.08. The molecule has 1 aromatic carbocycles. The van der Waals surface area contributed by atoms with Crippen LogP contribution in [0, 0.1) is 0 Å². The summed E-state index contributed by atoms with van der Waals surface area (Å²) in [5.41, 5.74) is 6.52. The number of carbonyl (C=O) groups excluding carboxylic acids is 1. The van der Waals surface area contributed by atoms with E-state index in [1.165, 1.54) is 13.3 Å². The number of hydrogen-bond donors (Lipinski definition) is 2. The molecule has 1 aromatic heterocycles. The highest BCUT2D eigenvalue weighted by Crippen LogP contribution is 2.18. The van der Waals surface area contributed by atoms with E-state index in [1.54, 1.807) is 36.4 Å². The average molecular weight is 243 g/mol. The lowest BCUT2D eigenvalue weighted by atomic mass is 10.2. The number of ether oxygens (including phenoxy) is 1. The highest BCUT2D eigenvalue weighted by atomic mass is 16.5. The van der Waals surface area contributed by atoms with Crippen LogP contribution in [-0.2, 0) is 0 Å². The lowest BCUT2D eigenvalue weighted by molar-refractivity contribution is 0.102. The van der Waals surface area contributed by atoms with Gasteiger partial charge in [0.05, 0.1) is 24.6 Å². The monoisotopic (exact) mass is 243 g/mol. The van der Waals surface area contributed by atoms with Crippen LogP contribution < -0.4 is 15.8 Å². The third-order valence-corrected chi connectivity index (χ3v) is 2.38. The maximum atomic E-state index is 12.0. The van der Waals surface area contributed by atoms with E-state index in [0.29, 0.717) is 22.8 Å². The number of amides is 1. The molecule has 2 rings (SSSR count). The zero-order valence-corrected chi connectivity index (χ0v) is 9.88. The van der Waals surface area contributed by atoms with Gasteiger partial charge in [-0.1, -0.05) is 12.1 Å². The second kappa shape index (κ2) is 5.18. The summed E-state index contributed by atoms with van der Waals surface area (Å²) in [6, 6.07) is 10.3. The van der Waals surface area contributed by atoms with Crippen molar-refractivity contribution in [3.8, 4) is 5.75 Å². The van der Waals surface area contributed by atoms with Gasteiger partial charge in [-0.25, -0.2) is 4.98 Å². The summed E-state index contributed by atoms with van der Waals surface area (Å²) in [7, 11) is 1.52. The first kappa shape index (κ1) is 11.9. The van der Waals surface area contributed by atoms with E-state index in [4.69, 9.17) is 10.5 Å². The van der Waals surface area contributed by atoms with E-state index in [9.17, 15) is 4.79 Å². The van der Waals surface area contributed by atoms with E-state index in [-0.39, 0.29) is 5.91 Å². The second-order valence-electron chi connectivity index (χ2n) is 3.63. The highest BCUT2D eigenvalue weighted by molar-refractivity contribution is 6.05. The molecule has 0 aliphatic carbocycles. The topological polar surface area (TPSA) is 77.2 Å². The number of nitrogens with one attached hydrogen (secondary N) is 1. The summed E-state index contributed by atoms with van der Waals surface area (Å²) in [6.45, 7) is 0. The van der Waals surface area contributed by atoms with Gasteiger partial charge in [-0.05, 0) is 24.3 Å². The number of benzene rings is 1. The number of carbonyl (C=O) groups is 1. The summed E-state index contributed by atoms with van der Waals surface area (Å²) in [4.78, 5) is 16.0. The van der Waals surface area contributed by atoms with Crippen molar-refractivity contribution in [3.05, 3.63) is 48.2 Å². The number of pyridine rings is 1. The van der Waals surface area contributed by atoms with Gasteiger partial charge in [-0.3, -0.25) is 4.79 Å². The Balaban J connectivity index is 2.19. The van der Waals surface area contributed by atoms with Gasteiger partial charge in [-0.2, -0.15) is 0 Å². The van der Waals surface area contributed by atoms with Crippen LogP contribution in [0.5, 0.6) is 5.75 Å². The third kappa shape index (κ3) is 2.57. The van der Waals surface area contributed by atoms with E-state index < -0.39 is 0 Å². The molecule has 92 valence electrons. The first-order chi connectivity index (χ1) is 8.70. The molecule has 0 aliphatic heterocycles. The second-order valence-corrected chi connectivity index (χ2v) is 3.63. The van der Waals surface area contributed by atoms with Gasteiger partial charge < -0.3 is 15.8 Å². The fourth-order valence-corrected chi connectivity index (χ4v) is 1.50. The van der Waals surface area contributed by atoms with Gasteiger partial charge in [0.2, 0.25) is 0 Å². The molecule has 1 heterocycles. The van der Waals surface area contributed by atoms with Crippen LogP contribution in [0.4, 0.5) is 11.5 Å². The van der Waals surface area contributed by atoms with Gasteiger partial charge >= 0.3 is 0 Å². The Morgan fingerprint density at radius 1 is 1.28 bits per heavy atom. The molecule has 0 radical (unpaired) electrons. The SMILES string of the molecule is COc1ccccc1C(=O)Nc1ccc(N)cn1. The molecular formula is C13H13N3O2. The maximum absolute atomic E-state index is 12.0. The number of anilines is 2. The number of rotatable bonds is 3. The average Bonchev–Trinajstić information content (AvgIpc) is 2.41. The zero-order chi connectivity index (χ0) is 13.0. The maximum Gasteiger partial charge on any atom is 0.260 e. The third-order valence-electron chi connectivity index (χ3n) is 2.38. The summed E-state index contributed by atoms with van der Waals surface area (Å²) in [5, 5.41) is 2.67. The van der Waals surface area contributed by atoms with Crippen molar-refractivity contribution in [1.29, 1.82) is 0 Å². The summed E-state index contributed by atoms with van der Waals surface area (Å²) < 4.78 is 5.12. The van der Waals surface area contributed by atoms with Crippen molar-refractivity contribution in [1.82, 2.24) is 4.98 Å². The predicted octanol–water partition coefficient (Wildman–Crippen LogP) is 1.92. The van der Waals surface area contributed by atoms with Crippen LogP contribution in [0.2, 0.25) is 0 Å². The summed E-state index contributed by atoms with van der Waals surface area (Å²) in [5.74, 6) is 0.690. The number of aromatic nitrogens is 1. The van der Waals surface area contributed by atoms with Gasteiger partial charge in [0, 0.05) is 0 Å². The van der Waals surface area contributed by atoms with Gasteiger partial charge in [-0.15, -0.1) is 0 Å². The van der Waals surface area contributed by atoms with Gasteiger partial charge in [0.15, 0.2) is 0 Å². The fourth-order valence-electron chi connectivity index (χ4n) is 1.50. The molecule has 5 nitrogen and oxygen atoms in total. The Hall–Kier alpha value is -2.56. The number of methoxy groups -OCH3 is 1. The van der Waals surface area contributed by atoms with E-state index in [1.807, 2.05) is 0 Å². The standard InChI is InChI=1S/C13H13N3O2/c1-18-11-5-3-2-4-10(11)13(17)16-12-7-6-9(14)8-15-12/h2-8H,14H2,1H3,(H,15,16,17). The van der Waals surface area contributed by atoms with Crippen molar-refractivity contribution in [2.24, 2.45) is 0 Å². The van der Waals surface area contributed by atoms with Crippen LogP contribution in [0.15, 0.2) is 42.6 Å². The quantitative estimate of drug-likeness (QED) is 0.863. The number of para-hydroxylation sites is 1. The lowest BCUT2D eigenvalue weighted by Crippen LogP contribution is -2.14. The van der Waals surface area contributed by atoms with Gasteiger partial charge in [0.1, 0.15) is 11.6 Å². The summed E-state index contributed by atoms with van der Waals surface area (Å²) >= 11 is 0. The zero-order valence-electron chi connectivity index (χ0n) is 9.88. The molecule has 0 atom stereocenters. The molecule has 0 unspecified atom stereocenters. The molecule has 0 spiro atoms. The molecule has 5 heteroatoms. The molecule has 18 heavy (non-hydrogen) atoms. The largest absolute Gasteiger partial charge is 0.496 e. The van der Waals surface area contributed by atoms with Crippen molar-refractivity contribution in [2.45, 2.75) is 0 Å². The first-order valence-corrected chi connectivity index (χ1v) is 5.36. The minimum atomic E-state index is -0.273. The van der Waals surface area contributed by atoms with Crippen molar-refractivity contribution in [2.75, 3.05) is 18.2 Å². The van der Waals surface area contributed by atoms with Gasteiger partial charge in [0.25, 0.3) is 5.91 Å². The Morgan fingerprint density at radius 2 is 2.06 bits per heavy atom. The number of nitrogen functional groups attached to an aromatic ring is 1. The normalized spacial score (nSPS) is 9.83. The van der Waals surface area contributed by atoms with E-state index >= 15 is 0 Å². The van der Waals surface area contributed by atoms with Crippen LogP contribution >= 0.6 is 0 Å². The van der Waals surface area contributed by atoms with Crippen LogP contribution in [0.1, 0.15) is 10.4 Å². The van der Waals surface area contributed by atoms with Crippen LogP contribution in [-0.4, -0.2) is 18.0 Å². The molecule has 0 saturated heterocycles. The molecular weight excluding hydrogens is 230 g/mol. The fraction of sp³-hybridized carbons (Fsp3) is 0.0769. The minimum absolute atomic E-state index is 0.273. The van der Waals surface area contributed by atoms with E-state index in [2.05, 4.69) is 10.3 Å². The number of hydrogen-bond acceptors (Lipinski definition) is 4. The summed E-state index contributed by atoms with van der Waals surface area (Å²) in [6.07, 6.45) is 1.48. The molecule has 0 bridgehead atoms. The van der Waals surface area contributed by atoms with Crippen molar-refractivity contribution in [3.63, 3.8) is 0 Å². The molecule has 1 amide bonds. The van der Waals surface area contributed by atoms with Crippen molar-refractivity contribution < 1.29 is 9.53 Å². The molecule has 0 saturated carbocycles. The van der Waals surface area contributed by atoms with Crippen molar-refractivity contribution >= 4 is 17.4 Å². The van der Waals surface area contributed by atoms with Crippen LogP contribution in [0.25, 0.3) is 0 Å². The Bertz CT molecular complexity index is 552. The predicted molar refractivity (Wildman–Crippen MR) is 69.6 cm³/mol. The highest BCUT2D eigenvalue weighted by Gasteiger charge is 2.11. The smallest absolute Gasteiger partial charge is 0.260 e. The minimum Gasteiger partial charge on any atom is -0.496 e. The Morgan fingerprint density at radius 3 is 2.72 bits per heavy atom. The van der Waals surface area contributed by atoms with E-state index in [0.717, 1.165) is 0 Å². The first-order valence-electron chi connectivity index (χ1n) is 5.36. The molecule has 2 aromatic rings. The number of nitrogens with zero attached hydrogens (tertiary/aromatic N) is 1. The Labute approximate surface area is 105 Å². The molecule has 3 N–H and O–H groups in total.